The van der Waals surface area contributed by atoms with Crippen LogP contribution in [0.3, 0.4) is 0 Å². The Bertz CT molecular complexity index is 158. The maximum atomic E-state index is 12.3. The van der Waals surface area contributed by atoms with Gasteiger partial charge >= 0.3 is 15.0 Å². The van der Waals surface area contributed by atoms with E-state index in [-0.39, 0.29) is 19.8 Å². The lowest BCUT2D eigenvalue weighted by Gasteiger charge is -2.28. The van der Waals surface area contributed by atoms with Crippen LogP contribution in [0.5, 0.6) is 0 Å². The number of rotatable bonds is 7. The molecule has 3 nitrogen and oxygen atoms in total. The standard InChI is InChI=1S/C8H17F3O3Si/c1-4-12-15(13-5-2,14-6-3)7-8(9,10)11/h4-7H2,1-3H3. The monoisotopic (exact) mass is 246 g/mol. The Balaban J connectivity index is 4.60. The quantitative estimate of drug-likeness (QED) is 0.646. The van der Waals surface area contributed by atoms with Crippen LogP contribution in [0, 0.1) is 0 Å². The molecule has 0 saturated heterocycles. The molecular weight excluding hydrogens is 229 g/mol. The molecule has 0 atom stereocenters. The van der Waals surface area contributed by atoms with Crippen molar-refractivity contribution in [2.75, 3.05) is 19.8 Å². The fraction of sp³-hybridized carbons (Fsp3) is 1.00. The Morgan fingerprint density at radius 2 is 1.20 bits per heavy atom. The van der Waals surface area contributed by atoms with E-state index in [9.17, 15) is 13.2 Å². The summed E-state index contributed by atoms with van der Waals surface area (Å²) < 4.78 is 52.1. The van der Waals surface area contributed by atoms with Gasteiger partial charge < -0.3 is 13.3 Å². The van der Waals surface area contributed by atoms with Crippen LogP contribution in [0.1, 0.15) is 20.8 Å². The first-order chi connectivity index (χ1) is 6.89. The van der Waals surface area contributed by atoms with Gasteiger partial charge in [-0.05, 0) is 20.8 Å². The zero-order chi connectivity index (χ0) is 11.9. The molecule has 0 aromatic rings. The second-order valence-corrected chi connectivity index (χ2v) is 5.36. The van der Waals surface area contributed by atoms with E-state index in [1.807, 2.05) is 0 Å². The van der Waals surface area contributed by atoms with Gasteiger partial charge in [0.2, 0.25) is 0 Å². The summed E-state index contributed by atoms with van der Waals surface area (Å²) in [7, 11) is -3.56. The molecule has 0 rings (SSSR count). The number of halogens is 3. The molecule has 92 valence electrons. The summed E-state index contributed by atoms with van der Waals surface area (Å²) in [5.74, 6) is 0. The van der Waals surface area contributed by atoms with Gasteiger partial charge in [-0.2, -0.15) is 13.2 Å². The van der Waals surface area contributed by atoms with Crippen molar-refractivity contribution >= 4 is 8.80 Å². The molecule has 0 spiro atoms. The predicted molar refractivity (Wildman–Crippen MR) is 51.5 cm³/mol. The van der Waals surface area contributed by atoms with Crippen LogP contribution < -0.4 is 0 Å². The highest BCUT2D eigenvalue weighted by Crippen LogP contribution is 2.30. The second kappa shape index (κ2) is 6.47. The first-order valence-corrected chi connectivity index (χ1v) is 6.81. The molecule has 0 aromatic carbocycles. The van der Waals surface area contributed by atoms with Crippen molar-refractivity contribution in [2.45, 2.75) is 33.0 Å². The first-order valence-electron chi connectivity index (χ1n) is 4.87. The Kier molecular flexibility index (Phi) is 6.42. The summed E-state index contributed by atoms with van der Waals surface area (Å²) in [6.07, 6.45) is -4.33. The molecule has 15 heavy (non-hydrogen) atoms. The summed E-state index contributed by atoms with van der Waals surface area (Å²) in [6.45, 7) is 5.33. The molecule has 0 amide bonds. The van der Waals surface area contributed by atoms with Crippen molar-refractivity contribution in [3.63, 3.8) is 0 Å². The van der Waals surface area contributed by atoms with Crippen LogP contribution in [-0.4, -0.2) is 34.8 Å². The van der Waals surface area contributed by atoms with Gasteiger partial charge in [-0.15, -0.1) is 0 Å². The van der Waals surface area contributed by atoms with Crippen molar-refractivity contribution < 1.29 is 26.4 Å². The van der Waals surface area contributed by atoms with E-state index in [1.165, 1.54) is 0 Å². The summed E-state index contributed by atoms with van der Waals surface area (Å²) in [4.78, 5) is 0. The molecule has 0 N–H and O–H groups in total. The molecule has 7 heteroatoms. The summed E-state index contributed by atoms with van der Waals surface area (Å²) in [6, 6.07) is -1.13. The molecule has 0 aromatic heterocycles. The third-order valence-electron chi connectivity index (χ3n) is 1.51. The second-order valence-electron chi connectivity index (χ2n) is 2.77. The Hall–Kier alpha value is -0.113. The van der Waals surface area contributed by atoms with Crippen LogP contribution in [-0.2, 0) is 13.3 Å². The minimum absolute atomic E-state index is 0.155. The molecule has 0 saturated carbocycles. The molecule has 0 aliphatic rings. The van der Waals surface area contributed by atoms with E-state index in [0.717, 1.165) is 0 Å². The van der Waals surface area contributed by atoms with Crippen LogP contribution in [0.15, 0.2) is 0 Å². The Labute approximate surface area is 88.9 Å². The topological polar surface area (TPSA) is 27.7 Å². The molecule has 0 unspecified atom stereocenters. The summed E-state index contributed by atoms with van der Waals surface area (Å²) in [5, 5.41) is 0. The SMILES string of the molecule is CCO[Si](CC(F)(F)F)(OCC)OCC. The highest BCUT2D eigenvalue weighted by molar-refractivity contribution is 6.60. The Morgan fingerprint density at radius 1 is 0.867 bits per heavy atom. The number of hydrogen-bond donors (Lipinski definition) is 0. The average molecular weight is 246 g/mol. The van der Waals surface area contributed by atoms with E-state index in [2.05, 4.69) is 0 Å². The zero-order valence-corrected chi connectivity index (χ0v) is 10.2. The van der Waals surface area contributed by atoms with Crippen molar-refractivity contribution in [3.8, 4) is 0 Å². The number of hydrogen-bond acceptors (Lipinski definition) is 3. The molecule has 0 bridgehead atoms. The third kappa shape index (κ3) is 6.13. The van der Waals surface area contributed by atoms with Crippen molar-refractivity contribution in [1.82, 2.24) is 0 Å². The van der Waals surface area contributed by atoms with Crippen LogP contribution in [0.4, 0.5) is 13.2 Å². The number of alkyl halides is 3. The van der Waals surface area contributed by atoms with Gasteiger partial charge in [-0.25, -0.2) is 0 Å². The highest BCUT2D eigenvalue weighted by Gasteiger charge is 2.50. The summed E-state index contributed by atoms with van der Waals surface area (Å²) >= 11 is 0. The third-order valence-corrected chi connectivity index (χ3v) is 4.53. The van der Waals surface area contributed by atoms with Crippen molar-refractivity contribution in [3.05, 3.63) is 0 Å². The molecule has 0 fully saturated rings. The minimum atomic E-state index is -4.33. The minimum Gasteiger partial charge on any atom is -0.374 e. The molecule has 0 radical (unpaired) electrons. The lowest BCUT2D eigenvalue weighted by molar-refractivity contribution is -0.123. The molecular formula is C8H17F3O3Si. The lowest BCUT2D eigenvalue weighted by Crippen LogP contribution is -2.49. The Morgan fingerprint density at radius 3 is 1.40 bits per heavy atom. The lowest BCUT2D eigenvalue weighted by atomic mass is 10.8. The largest absolute Gasteiger partial charge is 0.510 e. The van der Waals surface area contributed by atoms with Crippen molar-refractivity contribution in [1.29, 1.82) is 0 Å². The smallest absolute Gasteiger partial charge is 0.374 e. The normalized spacial score (nSPS) is 13.2. The van der Waals surface area contributed by atoms with E-state index < -0.39 is 21.0 Å². The predicted octanol–water partition coefficient (Wildman–Crippen LogP) is 2.60. The maximum absolute atomic E-state index is 12.3. The fourth-order valence-corrected chi connectivity index (χ4v) is 3.55. The first kappa shape index (κ1) is 14.9. The van der Waals surface area contributed by atoms with Gasteiger partial charge in [0.05, 0.1) is 0 Å². The average Bonchev–Trinajstić information content (AvgIpc) is 2.01. The zero-order valence-electron chi connectivity index (χ0n) is 9.19. The molecule has 0 aliphatic carbocycles. The maximum Gasteiger partial charge on any atom is 0.510 e. The highest BCUT2D eigenvalue weighted by atomic mass is 28.4. The van der Waals surface area contributed by atoms with E-state index in [0.29, 0.717) is 0 Å². The van der Waals surface area contributed by atoms with Crippen LogP contribution in [0.25, 0.3) is 0 Å². The molecule has 0 heterocycles. The van der Waals surface area contributed by atoms with E-state index >= 15 is 0 Å². The van der Waals surface area contributed by atoms with Gasteiger partial charge in [0, 0.05) is 19.8 Å². The van der Waals surface area contributed by atoms with E-state index in [1.54, 1.807) is 20.8 Å². The van der Waals surface area contributed by atoms with Crippen LogP contribution in [0.2, 0.25) is 6.04 Å². The van der Waals surface area contributed by atoms with Gasteiger partial charge in [0.1, 0.15) is 6.04 Å². The van der Waals surface area contributed by atoms with Crippen LogP contribution >= 0.6 is 0 Å². The van der Waals surface area contributed by atoms with E-state index in [4.69, 9.17) is 13.3 Å². The summed E-state index contributed by atoms with van der Waals surface area (Å²) in [5.41, 5.74) is 0. The molecule has 0 aliphatic heterocycles. The van der Waals surface area contributed by atoms with Gasteiger partial charge in [0.15, 0.2) is 0 Å². The van der Waals surface area contributed by atoms with Crippen molar-refractivity contribution in [2.24, 2.45) is 0 Å². The van der Waals surface area contributed by atoms with Gasteiger partial charge in [-0.1, -0.05) is 0 Å². The van der Waals surface area contributed by atoms with Gasteiger partial charge in [-0.3, -0.25) is 0 Å². The fourth-order valence-electron chi connectivity index (χ4n) is 1.18. The van der Waals surface area contributed by atoms with Gasteiger partial charge in [0.25, 0.3) is 0 Å².